The van der Waals surface area contributed by atoms with Crippen molar-refractivity contribution in [2.24, 2.45) is 0 Å². The number of anilines is 1. The fourth-order valence-electron chi connectivity index (χ4n) is 4.74. The van der Waals surface area contributed by atoms with Gasteiger partial charge in [0, 0.05) is 38.3 Å². The number of hydrogen-bond acceptors (Lipinski definition) is 7. The van der Waals surface area contributed by atoms with Crippen molar-refractivity contribution in [3.8, 4) is 11.6 Å². The highest BCUT2D eigenvalue weighted by Gasteiger charge is 2.24. The Balaban J connectivity index is 1.23. The number of ether oxygens (including phenoxy) is 1. The molecule has 1 fully saturated rings. The number of piperazine rings is 1. The van der Waals surface area contributed by atoms with E-state index in [0.717, 1.165) is 47.3 Å². The van der Waals surface area contributed by atoms with Crippen molar-refractivity contribution < 1.29 is 9.53 Å². The number of rotatable bonds is 6. The molecular weight excluding hydrogens is 444 g/mol. The van der Waals surface area contributed by atoms with E-state index in [-0.39, 0.29) is 5.91 Å². The number of aryl methyl sites for hydroxylation is 2. The van der Waals surface area contributed by atoms with Crippen LogP contribution in [0, 0.1) is 20.8 Å². The minimum atomic E-state index is 0.177. The summed E-state index contributed by atoms with van der Waals surface area (Å²) in [4.78, 5) is 17.3. The summed E-state index contributed by atoms with van der Waals surface area (Å²) in [6.07, 6.45) is 1.11. The average Bonchev–Trinajstić information content (AvgIpc) is 3.40. The summed E-state index contributed by atoms with van der Waals surface area (Å²) in [7, 11) is 1.69. The molecule has 0 aliphatic carbocycles. The Kier molecular flexibility index (Phi) is 6.10. The van der Waals surface area contributed by atoms with Gasteiger partial charge in [-0.05, 0) is 57.0 Å². The molecule has 1 aliphatic rings. The third-order valence-electron chi connectivity index (χ3n) is 6.71. The molecule has 1 aromatic carbocycles. The summed E-state index contributed by atoms with van der Waals surface area (Å²) < 4.78 is 9.04. The molecule has 10 nitrogen and oxygen atoms in total. The van der Waals surface area contributed by atoms with E-state index in [1.807, 2.05) is 60.7 Å². The van der Waals surface area contributed by atoms with Gasteiger partial charge in [0.1, 0.15) is 5.75 Å². The molecule has 1 saturated heterocycles. The average molecular weight is 475 g/mol. The van der Waals surface area contributed by atoms with Crippen molar-refractivity contribution in [1.82, 2.24) is 34.5 Å². The normalized spacial score (nSPS) is 14.1. The van der Waals surface area contributed by atoms with E-state index in [1.165, 1.54) is 0 Å². The molecule has 1 aliphatic heterocycles. The molecule has 182 valence electrons. The molecule has 0 radical (unpaired) electrons. The monoisotopic (exact) mass is 474 g/mol. The van der Waals surface area contributed by atoms with Crippen LogP contribution >= 0.6 is 0 Å². The highest BCUT2D eigenvalue weighted by atomic mass is 16.5. The van der Waals surface area contributed by atoms with Gasteiger partial charge < -0.3 is 14.5 Å². The van der Waals surface area contributed by atoms with Gasteiger partial charge in [-0.25, -0.2) is 4.68 Å². The highest BCUT2D eigenvalue weighted by Crippen LogP contribution is 2.28. The predicted molar refractivity (Wildman–Crippen MR) is 132 cm³/mol. The minimum absolute atomic E-state index is 0.177. The van der Waals surface area contributed by atoms with Crippen molar-refractivity contribution >= 4 is 17.2 Å². The van der Waals surface area contributed by atoms with E-state index in [9.17, 15) is 4.79 Å². The molecule has 0 atom stereocenters. The minimum Gasteiger partial charge on any atom is -0.495 e. The lowest BCUT2D eigenvalue weighted by molar-refractivity contribution is -0.131. The van der Waals surface area contributed by atoms with Crippen LogP contribution in [0.3, 0.4) is 0 Å². The van der Waals surface area contributed by atoms with Gasteiger partial charge in [0.25, 0.3) is 0 Å². The first-order valence-electron chi connectivity index (χ1n) is 11.9. The van der Waals surface area contributed by atoms with Crippen LogP contribution in [0.4, 0.5) is 5.69 Å². The molecule has 4 heterocycles. The first-order chi connectivity index (χ1) is 17.0. The Morgan fingerprint density at radius 2 is 1.74 bits per heavy atom. The Morgan fingerprint density at radius 1 is 0.971 bits per heavy atom. The van der Waals surface area contributed by atoms with Crippen LogP contribution in [0.1, 0.15) is 29.2 Å². The van der Waals surface area contributed by atoms with Gasteiger partial charge in [-0.2, -0.15) is 9.61 Å². The first-order valence-corrected chi connectivity index (χ1v) is 11.9. The van der Waals surface area contributed by atoms with Crippen LogP contribution in [0.15, 0.2) is 36.4 Å². The number of amides is 1. The number of carbonyl (C=O) groups is 1. The van der Waals surface area contributed by atoms with Gasteiger partial charge in [-0.3, -0.25) is 4.79 Å². The lowest BCUT2D eigenvalue weighted by atomic mass is 10.1. The Hall–Kier alpha value is -3.95. The van der Waals surface area contributed by atoms with Crippen LogP contribution in [0.2, 0.25) is 0 Å². The number of hydrogen-bond donors (Lipinski definition) is 0. The second-order valence-electron chi connectivity index (χ2n) is 8.81. The van der Waals surface area contributed by atoms with Crippen LogP contribution < -0.4 is 9.64 Å². The topological polar surface area (TPSA) is 93.7 Å². The third-order valence-corrected chi connectivity index (χ3v) is 6.71. The zero-order valence-electron chi connectivity index (χ0n) is 20.6. The van der Waals surface area contributed by atoms with Gasteiger partial charge in [0.2, 0.25) is 5.91 Å². The number of carbonyl (C=O) groups excluding carboxylic acids is 1. The van der Waals surface area contributed by atoms with Gasteiger partial charge >= 0.3 is 0 Å². The van der Waals surface area contributed by atoms with Gasteiger partial charge in [-0.15, -0.1) is 15.3 Å². The molecular formula is C25H30N8O2. The van der Waals surface area contributed by atoms with Crippen molar-refractivity contribution in [3.63, 3.8) is 0 Å². The standard InChI is InChI=1S/C25H30N8O2/c1-17-20(18(2)32(28-17)24-11-10-23-27-26-19(3)33(23)29-24)9-12-25(34)31-15-13-30(14-16-31)21-7-5-6-8-22(21)35-4/h5-8,10-11H,9,12-16H2,1-4H3. The summed E-state index contributed by atoms with van der Waals surface area (Å²) >= 11 is 0. The largest absolute Gasteiger partial charge is 0.495 e. The highest BCUT2D eigenvalue weighted by molar-refractivity contribution is 5.77. The maximum absolute atomic E-state index is 13.0. The van der Waals surface area contributed by atoms with E-state index >= 15 is 0 Å². The number of fused-ring (bicyclic) bond motifs is 1. The van der Waals surface area contributed by atoms with Crippen molar-refractivity contribution in [2.45, 2.75) is 33.6 Å². The van der Waals surface area contributed by atoms with Gasteiger partial charge in [-0.1, -0.05) is 12.1 Å². The number of benzene rings is 1. The summed E-state index contributed by atoms with van der Waals surface area (Å²) in [5, 5.41) is 17.5. The zero-order valence-corrected chi connectivity index (χ0v) is 20.6. The van der Waals surface area contributed by atoms with Crippen molar-refractivity contribution in [1.29, 1.82) is 0 Å². The maximum Gasteiger partial charge on any atom is 0.223 e. The van der Waals surface area contributed by atoms with E-state index in [2.05, 4.69) is 26.3 Å². The summed E-state index contributed by atoms with van der Waals surface area (Å²) in [5.74, 6) is 2.46. The fourth-order valence-corrected chi connectivity index (χ4v) is 4.74. The lowest BCUT2D eigenvalue weighted by Crippen LogP contribution is -2.49. The van der Waals surface area contributed by atoms with Crippen LogP contribution in [-0.4, -0.2) is 73.7 Å². The van der Waals surface area contributed by atoms with E-state index in [4.69, 9.17) is 9.84 Å². The Morgan fingerprint density at radius 3 is 2.51 bits per heavy atom. The second kappa shape index (κ2) is 9.36. The molecule has 0 N–H and O–H groups in total. The molecule has 5 rings (SSSR count). The molecule has 0 unspecified atom stereocenters. The zero-order chi connectivity index (χ0) is 24.5. The fraction of sp³-hybridized carbons (Fsp3) is 0.400. The first kappa shape index (κ1) is 22.8. The predicted octanol–water partition coefficient (Wildman–Crippen LogP) is 2.53. The van der Waals surface area contributed by atoms with Crippen molar-refractivity contribution in [2.75, 3.05) is 38.2 Å². The number of aromatic nitrogens is 6. The molecule has 35 heavy (non-hydrogen) atoms. The molecule has 1 amide bonds. The van der Waals surface area contributed by atoms with Gasteiger partial charge in [0.05, 0.1) is 18.5 Å². The number of methoxy groups -OCH3 is 1. The van der Waals surface area contributed by atoms with E-state index < -0.39 is 0 Å². The summed E-state index contributed by atoms with van der Waals surface area (Å²) in [5.41, 5.74) is 4.78. The molecule has 3 aromatic heterocycles. The Bertz CT molecular complexity index is 1370. The SMILES string of the molecule is COc1ccccc1N1CCN(C(=O)CCc2c(C)nn(-c3ccc4nnc(C)n4n3)c2C)CC1. The molecule has 10 heteroatoms. The summed E-state index contributed by atoms with van der Waals surface area (Å²) in [6.45, 7) is 8.87. The number of nitrogens with zero attached hydrogens (tertiary/aromatic N) is 8. The smallest absolute Gasteiger partial charge is 0.223 e. The van der Waals surface area contributed by atoms with E-state index in [1.54, 1.807) is 11.6 Å². The third kappa shape index (κ3) is 4.31. The van der Waals surface area contributed by atoms with Gasteiger partial charge in [0.15, 0.2) is 17.3 Å². The van der Waals surface area contributed by atoms with Crippen LogP contribution in [0.5, 0.6) is 5.75 Å². The van der Waals surface area contributed by atoms with Crippen molar-refractivity contribution in [3.05, 3.63) is 59.2 Å². The van der Waals surface area contributed by atoms with E-state index in [0.29, 0.717) is 37.4 Å². The van der Waals surface area contributed by atoms with Crippen LogP contribution in [-0.2, 0) is 11.2 Å². The summed E-state index contributed by atoms with van der Waals surface area (Å²) in [6, 6.07) is 11.8. The number of para-hydroxylation sites is 2. The molecule has 4 aromatic rings. The molecule has 0 bridgehead atoms. The molecule has 0 saturated carbocycles. The second-order valence-corrected chi connectivity index (χ2v) is 8.81. The maximum atomic E-state index is 13.0. The lowest BCUT2D eigenvalue weighted by Gasteiger charge is -2.36. The van der Waals surface area contributed by atoms with Crippen LogP contribution in [0.25, 0.3) is 11.5 Å². The Labute approximate surface area is 204 Å². The quantitative estimate of drug-likeness (QED) is 0.424. The molecule has 0 spiro atoms.